The Balaban J connectivity index is 2.60. The molecular weight excluding hydrogens is 179 g/mol. The van der Waals surface area contributed by atoms with Gasteiger partial charge in [0.05, 0.1) is 0 Å². The molecule has 0 aliphatic heterocycles. The second-order valence-electron chi connectivity index (χ2n) is 3.69. The summed E-state index contributed by atoms with van der Waals surface area (Å²) in [5.74, 6) is -0.231. The Labute approximate surface area is 84.3 Å². The van der Waals surface area contributed by atoms with Crippen molar-refractivity contribution in [3.05, 3.63) is 35.6 Å². The van der Waals surface area contributed by atoms with Crippen molar-refractivity contribution < 1.29 is 4.39 Å². The number of hydrogen-bond donors (Lipinski definition) is 2. The summed E-state index contributed by atoms with van der Waals surface area (Å²) in [7, 11) is 0. The van der Waals surface area contributed by atoms with Crippen molar-refractivity contribution in [3.63, 3.8) is 0 Å². The van der Waals surface area contributed by atoms with Crippen LogP contribution in [0.4, 0.5) is 4.39 Å². The molecule has 0 heterocycles. The molecule has 0 aliphatic rings. The van der Waals surface area contributed by atoms with E-state index < -0.39 is 0 Å². The Morgan fingerprint density at radius 3 is 2.57 bits per heavy atom. The molecule has 1 rings (SSSR count). The van der Waals surface area contributed by atoms with Gasteiger partial charge in [-0.15, -0.1) is 0 Å². The van der Waals surface area contributed by atoms with E-state index in [9.17, 15) is 4.39 Å². The minimum Gasteiger partial charge on any atom is -0.323 e. The van der Waals surface area contributed by atoms with E-state index in [4.69, 9.17) is 5.73 Å². The molecule has 14 heavy (non-hydrogen) atoms. The second-order valence-corrected chi connectivity index (χ2v) is 3.69. The Kier molecular flexibility index (Phi) is 4.04. The Morgan fingerprint density at radius 1 is 1.36 bits per heavy atom. The molecule has 0 saturated heterocycles. The highest BCUT2D eigenvalue weighted by Gasteiger charge is 2.10. The van der Waals surface area contributed by atoms with E-state index in [-0.39, 0.29) is 11.9 Å². The summed E-state index contributed by atoms with van der Waals surface area (Å²) in [5.41, 5.74) is 6.41. The van der Waals surface area contributed by atoms with Gasteiger partial charge in [-0.1, -0.05) is 32.0 Å². The van der Waals surface area contributed by atoms with Crippen LogP contribution in [0, 0.1) is 5.82 Å². The number of hydrogen-bond acceptors (Lipinski definition) is 2. The van der Waals surface area contributed by atoms with E-state index in [1.165, 1.54) is 6.07 Å². The molecule has 0 saturated carbocycles. The first-order chi connectivity index (χ1) is 6.61. The standard InChI is InChI=1S/C11H17FN2/c1-8(2)14-7-11(13)9-5-3-4-6-10(9)12/h3-6,8,11,14H,7,13H2,1-2H3. The van der Waals surface area contributed by atoms with Crippen LogP contribution in [0.1, 0.15) is 25.5 Å². The summed E-state index contributed by atoms with van der Waals surface area (Å²) in [6.07, 6.45) is 0. The van der Waals surface area contributed by atoms with Gasteiger partial charge in [0.2, 0.25) is 0 Å². The number of nitrogens with one attached hydrogen (secondary N) is 1. The first-order valence-corrected chi connectivity index (χ1v) is 4.84. The number of benzene rings is 1. The van der Waals surface area contributed by atoms with E-state index in [0.717, 1.165) is 0 Å². The minimum atomic E-state index is -0.279. The fourth-order valence-electron chi connectivity index (χ4n) is 1.25. The SMILES string of the molecule is CC(C)NCC(N)c1ccccc1F. The van der Waals surface area contributed by atoms with Crippen LogP contribution in [-0.2, 0) is 0 Å². The number of nitrogens with two attached hydrogens (primary N) is 1. The zero-order valence-electron chi connectivity index (χ0n) is 8.63. The summed E-state index contributed by atoms with van der Waals surface area (Å²) in [6, 6.07) is 6.72. The number of halogens is 1. The summed E-state index contributed by atoms with van der Waals surface area (Å²) in [6.45, 7) is 4.67. The molecule has 1 aromatic carbocycles. The van der Waals surface area contributed by atoms with Crippen molar-refractivity contribution in [2.24, 2.45) is 5.73 Å². The third-order valence-electron chi connectivity index (χ3n) is 2.05. The average Bonchev–Trinajstić information content (AvgIpc) is 2.15. The van der Waals surface area contributed by atoms with E-state index in [2.05, 4.69) is 5.32 Å². The predicted octanol–water partition coefficient (Wildman–Crippen LogP) is 1.82. The third kappa shape index (κ3) is 3.09. The maximum absolute atomic E-state index is 13.3. The first-order valence-electron chi connectivity index (χ1n) is 4.84. The van der Waals surface area contributed by atoms with Gasteiger partial charge in [0.1, 0.15) is 5.82 Å². The summed E-state index contributed by atoms with van der Waals surface area (Å²) >= 11 is 0. The molecule has 0 fully saturated rings. The van der Waals surface area contributed by atoms with Crippen molar-refractivity contribution in [3.8, 4) is 0 Å². The molecule has 3 N–H and O–H groups in total. The van der Waals surface area contributed by atoms with E-state index >= 15 is 0 Å². The second kappa shape index (κ2) is 5.08. The molecule has 1 unspecified atom stereocenters. The van der Waals surface area contributed by atoms with Gasteiger partial charge in [0.15, 0.2) is 0 Å². The van der Waals surface area contributed by atoms with Crippen molar-refractivity contribution in [1.82, 2.24) is 5.32 Å². The molecule has 78 valence electrons. The molecule has 1 aromatic rings. The zero-order valence-corrected chi connectivity index (χ0v) is 8.63. The van der Waals surface area contributed by atoms with Gasteiger partial charge in [-0.25, -0.2) is 4.39 Å². The minimum absolute atomic E-state index is 0.231. The molecule has 0 spiro atoms. The molecule has 2 nitrogen and oxygen atoms in total. The zero-order chi connectivity index (χ0) is 10.6. The van der Waals surface area contributed by atoms with Crippen molar-refractivity contribution >= 4 is 0 Å². The Hall–Kier alpha value is -0.930. The number of rotatable bonds is 4. The fraction of sp³-hybridized carbons (Fsp3) is 0.455. The van der Waals surface area contributed by atoms with Gasteiger partial charge in [0, 0.05) is 24.2 Å². The van der Waals surface area contributed by atoms with Crippen molar-refractivity contribution in [2.75, 3.05) is 6.54 Å². The van der Waals surface area contributed by atoms with Crippen molar-refractivity contribution in [1.29, 1.82) is 0 Å². The molecular formula is C11H17FN2. The molecule has 1 atom stereocenters. The molecule has 0 bridgehead atoms. The average molecular weight is 196 g/mol. The summed E-state index contributed by atoms with van der Waals surface area (Å²) in [4.78, 5) is 0. The van der Waals surface area contributed by atoms with Gasteiger partial charge in [-0.05, 0) is 6.07 Å². The van der Waals surface area contributed by atoms with Crippen LogP contribution in [0.5, 0.6) is 0 Å². The lowest BCUT2D eigenvalue weighted by molar-refractivity contribution is 0.516. The van der Waals surface area contributed by atoms with Crippen LogP contribution in [-0.4, -0.2) is 12.6 Å². The maximum atomic E-state index is 13.3. The van der Waals surface area contributed by atoms with Crippen LogP contribution in [0.3, 0.4) is 0 Å². The maximum Gasteiger partial charge on any atom is 0.128 e. The molecule has 0 amide bonds. The highest BCUT2D eigenvalue weighted by Crippen LogP contribution is 2.13. The van der Waals surface area contributed by atoms with Crippen LogP contribution in [0.2, 0.25) is 0 Å². The van der Waals surface area contributed by atoms with Crippen LogP contribution in [0.15, 0.2) is 24.3 Å². The quantitative estimate of drug-likeness (QED) is 0.771. The van der Waals surface area contributed by atoms with Gasteiger partial charge in [0.25, 0.3) is 0 Å². The fourth-order valence-corrected chi connectivity index (χ4v) is 1.25. The predicted molar refractivity (Wildman–Crippen MR) is 56.5 cm³/mol. The van der Waals surface area contributed by atoms with E-state index in [1.54, 1.807) is 18.2 Å². The smallest absolute Gasteiger partial charge is 0.128 e. The highest BCUT2D eigenvalue weighted by molar-refractivity contribution is 5.21. The van der Waals surface area contributed by atoms with Gasteiger partial charge < -0.3 is 11.1 Å². The first kappa shape index (κ1) is 11.1. The Morgan fingerprint density at radius 2 is 2.00 bits per heavy atom. The topological polar surface area (TPSA) is 38.0 Å². The van der Waals surface area contributed by atoms with Gasteiger partial charge in [-0.3, -0.25) is 0 Å². The van der Waals surface area contributed by atoms with E-state index in [0.29, 0.717) is 18.2 Å². The van der Waals surface area contributed by atoms with Gasteiger partial charge >= 0.3 is 0 Å². The largest absolute Gasteiger partial charge is 0.323 e. The lowest BCUT2D eigenvalue weighted by atomic mass is 10.1. The van der Waals surface area contributed by atoms with Crippen LogP contribution < -0.4 is 11.1 Å². The normalized spacial score (nSPS) is 13.2. The van der Waals surface area contributed by atoms with Crippen molar-refractivity contribution in [2.45, 2.75) is 25.9 Å². The molecule has 0 radical (unpaired) electrons. The molecule has 0 aliphatic carbocycles. The monoisotopic (exact) mass is 196 g/mol. The van der Waals surface area contributed by atoms with Crippen LogP contribution >= 0.6 is 0 Å². The lowest BCUT2D eigenvalue weighted by Crippen LogP contribution is -2.32. The van der Waals surface area contributed by atoms with Crippen LogP contribution in [0.25, 0.3) is 0 Å². The highest BCUT2D eigenvalue weighted by atomic mass is 19.1. The van der Waals surface area contributed by atoms with E-state index in [1.807, 2.05) is 13.8 Å². The Bertz CT molecular complexity index is 286. The summed E-state index contributed by atoms with van der Waals surface area (Å²) in [5, 5.41) is 3.18. The third-order valence-corrected chi connectivity index (χ3v) is 2.05. The lowest BCUT2D eigenvalue weighted by Gasteiger charge is -2.15. The van der Waals surface area contributed by atoms with Gasteiger partial charge in [-0.2, -0.15) is 0 Å². The summed E-state index contributed by atoms with van der Waals surface area (Å²) < 4.78 is 13.3. The molecule has 3 heteroatoms. The molecule has 0 aromatic heterocycles.